The molecule has 0 aliphatic heterocycles. The van der Waals surface area contributed by atoms with Crippen molar-refractivity contribution >= 4 is 17.5 Å². The maximum Gasteiger partial charge on any atom is 0.253 e. The van der Waals surface area contributed by atoms with Gasteiger partial charge in [0.05, 0.1) is 10.6 Å². The number of rotatable bonds is 3. The Morgan fingerprint density at radius 3 is 2.94 bits per heavy atom. The van der Waals surface area contributed by atoms with Crippen LogP contribution in [0.5, 0.6) is 0 Å². The van der Waals surface area contributed by atoms with Crippen LogP contribution in [0.4, 0.5) is 4.39 Å². The van der Waals surface area contributed by atoms with Crippen molar-refractivity contribution < 1.29 is 9.18 Å². The smallest absolute Gasteiger partial charge is 0.253 e. The second kappa shape index (κ2) is 5.67. The summed E-state index contributed by atoms with van der Waals surface area (Å²) in [6.45, 7) is 0.572. The van der Waals surface area contributed by atoms with Gasteiger partial charge in [0.15, 0.2) is 0 Å². The second-order valence-corrected chi connectivity index (χ2v) is 5.04. The summed E-state index contributed by atoms with van der Waals surface area (Å²) in [6, 6.07) is 3.88. The van der Waals surface area contributed by atoms with Crippen LogP contribution in [0, 0.1) is 11.7 Å². The maximum absolute atomic E-state index is 12.9. The van der Waals surface area contributed by atoms with Gasteiger partial charge in [-0.1, -0.05) is 18.0 Å². The molecular formula is C13H16ClFN2O. The van der Waals surface area contributed by atoms with Crippen molar-refractivity contribution in [2.24, 2.45) is 11.7 Å². The van der Waals surface area contributed by atoms with Gasteiger partial charge in [-0.25, -0.2) is 4.39 Å². The number of nitrogens with two attached hydrogens (primary N) is 1. The molecule has 1 aromatic carbocycles. The number of hydrogen-bond acceptors (Lipinski definition) is 2. The number of halogens is 2. The van der Waals surface area contributed by atoms with Crippen LogP contribution in [-0.4, -0.2) is 18.5 Å². The highest BCUT2D eigenvalue weighted by atomic mass is 35.5. The van der Waals surface area contributed by atoms with Crippen molar-refractivity contribution in [1.82, 2.24) is 5.32 Å². The van der Waals surface area contributed by atoms with Crippen LogP contribution in [0.3, 0.4) is 0 Å². The van der Waals surface area contributed by atoms with Crippen molar-refractivity contribution in [2.45, 2.75) is 25.3 Å². The number of carbonyl (C=O) groups is 1. The molecule has 1 amide bonds. The molecule has 3 nitrogen and oxygen atoms in total. The normalized spacial score (nSPS) is 23.1. The first-order chi connectivity index (χ1) is 8.61. The Bertz CT molecular complexity index is 453. The first-order valence-electron chi connectivity index (χ1n) is 6.08. The summed E-state index contributed by atoms with van der Waals surface area (Å²) in [5.41, 5.74) is 5.97. The van der Waals surface area contributed by atoms with E-state index >= 15 is 0 Å². The zero-order valence-electron chi connectivity index (χ0n) is 9.96. The summed E-state index contributed by atoms with van der Waals surface area (Å²) in [5.74, 6) is -0.379. The summed E-state index contributed by atoms with van der Waals surface area (Å²) >= 11 is 5.85. The molecule has 0 bridgehead atoms. The molecule has 5 heteroatoms. The van der Waals surface area contributed by atoms with E-state index in [-0.39, 0.29) is 17.0 Å². The molecule has 2 rings (SSSR count). The molecule has 1 fully saturated rings. The molecule has 18 heavy (non-hydrogen) atoms. The highest BCUT2D eigenvalue weighted by Gasteiger charge is 2.28. The SMILES string of the molecule is NCC1CCCC1NC(=O)c1ccc(F)cc1Cl. The van der Waals surface area contributed by atoms with Gasteiger partial charge in [-0.2, -0.15) is 0 Å². The molecule has 0 aromatic heterocycles. The van der Waals surface area contributed by atoms with E-state index in [0.29, 0.717) is 18.0 Å². The molecule has 1 saturated carbocycles. The van der Waals surface area contributed by atoms with E-state index in [1.165, 1.54) is 12.1 Å². The minimum atomic E-state index is -0.447. The van der Waals surface area contributed by atoms with E-state index in [9.17, 15) is 9.18 Å². The maximum atomic E-state index is 12.9. The fourth-order valence-electron chi connectivity index (χ4n) is 2.43. The number of carbonyl (C=O) groups excluding carboxylic acids is 1. The van der Waals surface area contributed by atoms with E-state index in [0.717, 1.165) is 25.3 Å². The Balaban J connectivity index is 2.07. The Hall–Kier alpha value is -1.13. The van der Waals surface area contributed by atoms with Crippen LogP contribution >= 0.6 is 11.6 Å². The summed E-state index contributed by atoms with van der Waals surface area (Å²) in [5, 5.41) is 3.06. The van der Waals surface area contributed by atoms with Gasteiger partial charge in [0.1, 0.15) is 5.82 Å². The van der Waals surface area contributed by atoms with Crippen LogP contribution in [0.15, 0.2) is 18.2 Å². The topological polar surface area (TPSA) is 55.1 Å². The quantitative estimate of drug-likeness (QED) is 0.886. The average molecular weight is 271 g/mol. The zero-order chi connectivity index (χ0) is 13.1. The van der Waals surface area contributed by atoms with Crippen LogP contribution < -0.4 is 11.1 Å². The molecular weight excluding hydrogens is 255 g/mol. The van der Waals surface area contributed by atoms with E-state index in [2.05, 4.69) is 5.32 Å². The van der Waals surface area contributed by atoms with E-state index in [1.54, 1.807) is 0 Å². The van der Waals surface area contributed by atoms with Gasteiger partial charge in [0.2, 0.25) is 0 Å². The number of amides is 1. The molecule has 0 spiro atoms. The molecule has 1 aliphatic carbocycles. The van der Waals surface area contributed by atoms with Crippen LogP contribution in [0.25, 0.3) is 0 Å². The van der Waals surface area contributed by atoms with Gasteiger partial charge in [0.25, 0.3) is 5.91 Å². The van der Waals surface area contributed by atoms with E-state index in [1.807, 2.05) is 0 Å². The van der Waals surface area contributed by atoms with Crippen LogP contribution in [0.2, 0.25) is 5.02 Å². The van der Waals surface area contributed by atoms with Gasteiger partial charge in [-0.05, 0) is 43.5 Å². The summed E-state index contributed by atoms with van der Waals surface area (Å²) in [7, 11) is 0. The molecule has 0 heterocycles. The number of hydrogen-bond donors (Lipinski definition) is 2. The van der Waals surface area contributed by atoms with Crippen molar-refractivity contribution in [2.75, 3.05) is 6.54 Å². The van der Waals surface area contributed by atoms with Crippen molar-refractivity contribution in [1.29, 1.82) is 0 Å². The lowest BCUT2D eigenvalue weighted by Crippen LogP contribution is -2.39. The molecule has 98 valence electrons. The molecule has 0 radical (unpaired) electrons. The fourth-order valence-corrected chi connectivity index (χ4v) is 2.68. The summed E-state index contributed by atoms with van der Waals surface area (Å²) in [6.07, 6.45) is 3.05. The third kappa shape index (κ3) is 2.82. The fraction of sp³-hybridized carbons (Fsp3) is 0.462. The molecule has 2 atom stereocenters. The summed E-state index contributed by atoms with van der Waals surface area (Å²) in [4.78, 5) is 12.0. The molecule has 2 unspecified atom stereocenters. The second-order valence-electron chi connectivity index (χ2n) is 4.63. The van der Waals surface area contributed by atoms with E-state index < -0.39 is 5.82 Å². The zero-order valence-corrected chi connectivity index (χ0v) is 10.7. The van der Waals surface area contributed by atoms with Crippen molar-refractivity contribution in [3.8, 4) is 0 Å². The molecule has 3 N–H and O–H groups in total. The van der Waals surface area contributed by atoms with Crippen LogP contribution in [0.1, 0.15) is 29.6 Å². The number of nitrogens with one attached hydrogen (secondary N) is 1. The van der Waals surface area contributed by atoms with Gasteiger partial charge in [-0.3, -0.25) is 4.79 Å². The number of benzene rings is 1. The Morgan fingerprint density at radius 1 is 1.50 bits per heavy atom. The highest BCUT2D eigenvalue weighted by molar-refractivity contribution is 6.33. The van der Waals surface area contributed by atoms with Gasteiger partial charge in [-0.15, -0.1) is 0 Å². The van der Waals surface area contributed by atoms with Crippen LogP contribution in [-0.2, 0) is 0 Å². The lowest BCUT2D eigenvalue weighted by atomic mass is 10.0. The van der Waals surface area contributed by atoms with E-state index in [4.69, 9.17) is 17.3 Å². The third-order valence-corrected chi connectivity index (χ3v) is 3.77. The summed E-state index contributed by atoms with van der Waals surface area (Å²) < 4.78 is 12.9. The Kier molecular flexibility index (Phi) is 4.19. The van der Waals surface area contributed by atoms with Crippen molar-refractivity contribution in [3.63, 3.8) is 0 Å². The monoisotopic (exact) mass is 270 g/mol. The largest absolute Gasteiger partial charge is 0.349 e. The predicted octanol–water partition coefficient (Wildman–Crippen LogP) is 2.34. The molecule has 1 aliphatic rings. The first kappa shape index (κ1) is 13.3. The lowest BCUT2D eigenvalue weighted by molar-refractivity contribution is 0.0929. The molecule has 1 aromatic rings. The Morgan fingerprint density at radius 2 is 2.28 bits per heavy atom. The molecule has 0 saturated heterocycles. The van der Waals surface area contributed by atoms with Gasteiger partial charge >= 0.3 is 0 Å². The minimum absolute atomic E-state index is 0.101. The predicted molar refractivity (Wildman–Crippen MR) is 69.1 cm³/mol. The minimum Gasteiger partial charge on any atom is -0.349 e. The van der Waals surface area contributed by atoms with Gasteiger partial charge in [0, 0.05) is 6.04 Å². The standard InChI is InChI=1S/C13H16ClFN2O/c14-11-6-9(15)4-5-10(11)13(18)17-12-3-1-2-8(12)7-16/h4-6,8,12H,1-3,7,16H2,(H,17,18). The highest BCUT2D eigenvalue weighted by Crippen LogP contribution is 2.25. The average Bonchev–Trinajstić information content (AvgIpc) is 2.76. The van der Waals surface area contributed by atoms with Crippen molar-refractivity contribution in [3.05, 3.63) is 34.6 Å². The third-order valence-electron chi connectivity index (χ3n) is 3.45. The first-order valence-corrected chi connectivity index (χ1v) is 6.45. The van der Waals surface area contributed by atoms with Gasteiger partial charge < -0.3 is 11.1 Å². The lowest BCUT2D eigenvalue weighted by Gasteiger charge is -2.19. The Labute approximate surface area is 111 Å².